The Hall–Kier alpha value is -0.200. The molecule has 0 spiro atoms. The summed E-state index contributed by atoms with van der Waals surface area (Å²) in [4.78, 5) is 0. The third-order valence-electron chi connectivity index (χ3n) is 2.37. The van der Waals surface area contributed by atoms with Gasteiger partial charge in [-0.1, -0.05) is 0 Å². The molecule has 0 radical (unpaired) electrons. The van der Waals surface area contributed by atoms with Crippen molar-refractivity contribution in [1.29, 1.82) is 0 Å². The van der Waals surface area contributed by atoms with Crippen LogP contribution < -0.4 is 0 Å². The van der Waals surface area contributed by atoms with Crippen molar-refractivity contribution in [2.24, 2.45) is 0 Å². The van der Waals surface area contributed by atoms with Crippen LogP contribution in [0.4, 0.5) is 0 Å². The number of aliphatic hydroxyl groups is 3. The summed E-state index contributed by atoms with van der Waals surface area (Å²) >= 11 is 0. The summed E-state index contributed by atoms with van der Waals surface area (Å²) in [7, 11) is 1.44. The number of methoxy groups -OCH3 is 1. The number of rotatable bonds is 2. The molecule has 0 aliphatic carbocycles. The van der Waals surface area contributed by atoms with E-state index in [4.69, 9.17) is 14.6 Å². The summed E-state index contributed by atoms with van der Waals surface area (Å²) < 4.78 is 10.2. The van der Waals surface area contributed by atoms with Crippen molar-refractivity contribution in [2.45, 2.75) is 37.4 Å². The molecule has 0 saturated carbocycles. The van der Waals surface area contributed by atoms with Gasteiger partial charge in [-0.15, -0.1) is 0 Å². The molecule has 13 heavy (non-hydrogen) atoms. The minimum atomic E-state index is -1.09. The summed E-state index contributed by atoms with van der Waals surface area (Å²) in [6, 6.07) is 0. The first kappa shape index (κ1) is 10.9. The first-order chi connectivity index (χ1) is 6.11. The number of hydrogen-bond acceptors (Lipinski definition) is 5. The second kappa shape index (κ2) is 4.34. The Balaban J connectivity index is 2.66. The highest BCUT2D eigenvalue weighted by molar-refractivity contribution is 4.90. The molecular weight excluding hydrogens is 176 g/mol. The van der Waals surface area contributed by atoms with Crippen LogP contribution in [0, 0.1) is 0 Å². The Morgan fingerprint density at radius 2 is 1.92 bits per heavy atom. The van der Waals surface area contributed by atoms with Crippen LogP contribution in [0.25, 0.3) is 0 Å². The molecule has 0 bridgehead atoms. The topological polar surface area (TPSA) is 79.2 Å². The standard InChI is InChI=1S/C8H16O5/c1-4-8(12-2)7(11)6(10)5(3-9)13-4/h4-11H,3H2,1-2H3. The highest BCUT2D eigenvalue weighted by atomic mass is 16.6. The molecule has 0 amide bonds. The highest BCUT2D eigenvalue weighted by Gasteiger charge is 2.42. The van der Waals surface area contributed by atoms with Crippen molar-refractivity contribution in [3.8, 4) is 0 Å². The molecule has 1 aliphatic rings. The zero-order chi connectivity index (χ0) is 10.0. The molecule has 3 N–H and O–H groups in total. The van der Waals surface area contributed by atoms with Gasteiger partial charge in [0.2, 0.25) is 0 Å². The van der Waals surface area contributed by atoms with E-state index in [1.807, 2.05) is 0 Å². The van der Waals surface area contributed by atoms with Gasteiger partial charge >= 0.3 is 0 Å². The number of aliphatic hydroxyl groups excluding tert-OH is 3. The van der Waals surface area contributed by atoms with E-state index in [1.165, 1.54) is 7.11 Å². The monoisotopic (exact) mass is 192 g/mol. The third kappa shape index (κ3) is 2.00. The zero-order valence-electron chi connectivity index (χ0n) is 7.75. The first-order valence-corrected chi connectivity index (χ1v) is 4.27. The van der Waals surface area contributed by atoms with E-state index in [9.17, 15) is 10.2 Å². The van der Waals surface area contributed by atoms with Gasteiger partial charge in [0, 0.05) is 7.11 Å². The molecule has 5 nitrogen and oxygen atoms in total. The summed E-state index contributed by atoms with van der Waals surface area (Å²) in [5.41, 5.74) is 0. The van der Waals surface area contributed by atoms with Gasteiger partial charge in [-0.2, -0.15) is 0 Å². The lowest BCUT2D eigenvalue weighted by Gasteiger charge is -2.40. The van der Waals surface area contributed by atoms with E-state index < -0.39 is 24.4 Å². The van der Waals surface area contributed by atoms with Crippen molar-refractivity contribution in [2.75, 3.05) is 13.7 Å². The average Bonchev–Trinajstić information content (AvgIpc) is 2.12. The highest BCUT2D eigenvalue weighted by Crippen LogP contribution is 2.22. The SMILES string of the molecule is COC1C(C)OC(CO)C(O)C1O. The third-order valence-corrected chi connectivity index (χ3v) is 2.37. The van der Waals surface area contributed by atoms with E-state index in [1.54, 1.807) is 6.92 Å². The predicted octanol–water partition coefficient (Wildman–Crippen LogP) is -1.50. The van der Waals surface area contributed by atoms with Gasteiger partial charge in [0.1, 0.15) is 24.4 Å². The Kier molecular flexibility index (Phi) is 3.63. The summed E-state index contributed by atoms with van der Waals surface area (Å²) in [5, 5.41) is 27.8. The molecule has 5 heteroatoms. The maximum absolute atomic E-state index is 9.54. The normalized spacial score (nSPS) is 46.4. The minimum Gasteiger partial charge on any atom is -0.394 e. The Bertz CT molecular complexity index is 163. The van der Waals surface area contributed by atoms with Crippen molar-refractivity contribution in [3.63, 3.8) is 0 Å². The van der Waals surface area contributed by atoms with Gasteiger partial charge in [-0.05, 0) is 6.92 Å². The van der Waals surface area contributed by atoms with Gasteiger partial charge in [-0.3, -0.25) is 0 Å². The van der Waals surface area contributed by atoms with Crippen molar-refractivity contribution in [1.82, 2.24) is 0 Å². The molecule has 5 atom stereocenters. The molecule has 0 aromatic heterocycles. The smallest absolute Gasteiger partial charge is 0.111 e. The number of ether oxygens (including phenoxy) is 2. The van der Waals surface area contributed by atoms with E-state index in [-0.39, 0.29) is 12.7 Å². The molecule has 1 fully saturated rings. The summed E-state index contributed by atoms with van der Waals surface area (Å²) in [6.45, 7) is 1.42. The molecule has 1 heterocycles. The fourth-order valence-electron chi connectivity index (χ4n) is 1.61. The van der Waals surface area contributed by atoms with E-state index in [0.29, 0.717) is 0 Å². The lowest BCUT2D eigenvalue weighted by molar-refractivity contribution is -0.230. The van der Waals surface area contributed by atoms with Crippen LogP contribution in [0.3, 0.4) is 0 Å². The van der Waals surface area contributed by atoms with Crippen molar-refractivity contribution >= 4 is 0 Å². The van der Waals surface area contributed by atoms with Crippen LogP contribution in [0.2, 0.25) is 0 Å². The van der Waals surface area contributed by atoms with E-state index in [2.05, 4.69) is 0 Å². The second-order valence-corrected chi connectivity index (χ2v) is 3.24. The van der Waals surface area contributed by atoms with E-state index in [0.717, 1.165) is 0 Å². The fraction of sp³-hybridized carbons (Fsp3) is 1.00. The predicted molar refractivity (Wildman–Crippen MR) is 44.2 cm³/mol. The van der Waals surface area contributed by atoms with Gasteiger partial charge in [0.25, 0.3) is 0 Å². The fourth-order valence-corrected chi connectivity index (χ4v) is 1.61. The molecule has 1 saturated heterocycles. The second-order valence-electron chi connectivity index (χ2n) is 3.24. The molecular formula is C8H16O5. The largest absolute Gasteiger partial charge is 0.394 e. The van der Waals surface area contributed by atoms with Crippen molar-refractivity contribution < 1.29 is 24.8 Å². The first-order valence-electron chi connectivity index (χ1n) is 4.27. The molecule has 0 aromatic rings. The Morgan fingerprint density at radius 1 is 1.31 bits per heavy atom. The Morgan fingerprint density at radius 3 is 2.38 bits per heavy atom. The van der Waals surface area contributed by atoms with Crippen LogP contribution in [-0.4, -0.2) is 59.6 Å². The summed E-state index contributed by atoms with van der Waals surface area (Å²) in [6.07, 6.45) is -3.70. The lowest BCUT2D eigenvalue weighted by Crippen LogP contribution is -2.58. The summed E-state index contributed by atoms with van der Waals surface area (Å²) in [5.74, 6) is 0. The number of hydrogen-bond donors (Lipinski definition) is 3. The minimum absolute atomic E-state index is 0.307. The molecule has 5 unspecified atom stereocenters. The molecule has 1 aliphatic heterocycles. The van der Waals surface area contributed by atoms with Crippen LogP contribution >= 0.6 is 0 Å². The molecule has 78 valence electrons. The van der Waals surface area contributed by atoms with Gasteiger partial charge in [0.05, 0.1) is 12.7 Å². The lowest BCUT2D eigenvalue weighted by atomic mass is 9.96. The van der Waals surface area contributed by atoms with Gasteiger partial charge in [0.15, 0.2) is 0 Å². The van der Waals surface area contributed by atoms with Crippen LogP contribution in [0.15, 0.2) is 0 Å². The molecule has 0 aromatic carbocycles. The van der Waals surface area contributed by atoms with Gasteiger partial charge in [-0.25, -0.2) is 0 Å². The molecule has 1 rings (SSSR count). The maximum atomic E-state index is 9.54. The van der Waals surface area contributed by atoms with Crippen LogP contribution in [0.5, 0.6) is 0 Å². The van der Waals surface area contributed by atoms with Crippen molar-refractivity contribution in [3.05, 3.63) is 0 Å². The van der Waals surface area contributed by atoms with Crippen LogP contribution in [0.1, 0.15) is 6.92 Å². The average molecular weight is 192 g/mol. The quantitative estimate of drug-likeness (QED) is 0.496. The van der Waals surface area contributed by atoms with Gasteiger partial charge < -0.3 is 24.8 Å². The van der Waals surface area contributed by atoms with Crippen LogP contribution in [-0.2, 0) is 9.47 Å². The zero-order valence-corrected chi connectivity index (χ0v) is 7.75. The maximum Gasteiger partial charge on any atom is 0.111 e. The Labute approximate surface area is 76.9 Å². The van der Waals surface area contributed by atoms with E-state index >= 15 is 0 Å².